The Hall–Kier alpha value is -2.64. The van der Waals surface area contributed by atoms with Crippen LogP contribution in [0.25, 0.3) is 5.65 Å². The largest absolute Gasteiger partial charge is 0.352 e. The van der Waals surface area contributed by atoms with Gasteiger partial charge in [0, 0.05) is 29.5 Å². The number of carbonyl (C=O) groups excluding carboxylic acids is 1. The molecule has 2 aromatic heterocycles. The van der Waals surface area contributed by atoms with Gasteiger partial charge in [-0.2, -0.15) is 0 Å². The van der Waals surface area contributed by atoms with E-state index in [1.54, 1.807) is 6.20 Å². The summed E-state index contributed by atoms with van der Waals surface area (Å²) >= 11 is 6.04. The molecule has 0 unspecified atom stereocenters. The summed E-state index contributed by atoms with van der Waals surface area (Å²) in [7, 11) is 0. The Labute approximate surface area is 173 Å². The molecule has 1 aliphatic heterocycles. The van der Waals surface area contributed by atoms with Gasteiger partial charge >= 0.3 is 0 Å². The van der Waals surface area contributed by atoms with Crippen molar-refractivity contribution >= 4 is 23.2 Å². The Morgan fingerprint density at radius 1 is 1.31 bits per heavy atom. The summed E-state index contributed by atoms with van der Waals surface area (Å²) in [6.07, 6.45) is 5.07. The Morgan fingerprint density at radius 3 is 3.00 bits per heavy atom. The van der Waals surface area contributed by atoms with Gasteiger partial charge in [-0.05, 0) is 62.4 Å². The van der Waals surface area contributed by atoms with Crippen LogP contribution in [0.2, 0.25) is 5.02 Å². The molecule has 29 heavy (non-hydrogen) atoms. The number of aryl methyl sites for hydroxylation is 2. The highest BCUT2D eigenvalue weighted by atomic mass is 35.5. The summed E-state index contributed by atoms with van der Waals surface area (Å²) < 4.78 is 1.31. The summed E-state index contributed by atoms with van der Waals surface area (Å²) in [6, 6.07) is 9.13. The zero-order chi connectivity index (χ0) is 20.2. The van der Waals surface area contributed by atoms with Crippen molar-refractivity contribution in [2.75, 3.05) is 19.6 Å². The highest BCUT2D eigenvalue weighted by Crippen LogP contribution is 2.14. The van der Waals surface area contributed by atoms with E-state index in [0.717, 1.165) is 31.5 Å². The molecule has 0 radical (unpaired) electrons. The molecule has 3 N–H and O–H groups in total. The number of rotatable bonds is 6. The van der Waals surface area contributed by atoms with Gasteiger partial charge in [0.2, 0.25) is 0 Å². The van der Waals surface area contributed by atoms with E-state index in [9.17, 15) is 9.59 Å². The molecular weight excluding hydrogens is 390 g/mol. The number of hydrogen-bond acceptors (Lipinski definition) is 4. The first kappa shape index (κ1) is 19.7. The molecule has 3 aromatic rings. The van der Waals surface area contributed by atoms with Gasteiger partial charge in [-0.3, -0.25) is 14.7 Å². The zero-order valence-corrected chi connectivity index (χ0v) is 16.8. The van der Waals surface area contributed by atoms with Crippen molar-refractivity contribution in [3.63, 3.8) is 0 Å². The minimum absolute atomic E-state index is 0.215. The van der Waals surface area contributed by atoms with Crippen LogP contribution in [0.1, 0.15) is 34.5 Å². The summed E-state index contributed by atoms with van der Waals surface area (Å²) in [5, 5.41) is 9.85. The van der Waals surface area contributed by atoms with Gasteiger partial charge in [0.1, 0.15) is 5.56 Å². The Balaban J connectivity index is 1.49. The minimum atomic E-state index is -0.230. The fraction of sp³-hybridized carbons (Fsp3) is 0.381. The second-order valence-corrected chi connectivity index (χ2v) is 7.92. The molecule has 3 heterocycles. The lowest BCUT2D eigenvalue weighted by atomic mass is 10.00. The van der Waals surface area contributed by atoms with Crippen molar-refractivity contribution in [2.45, 2.75) is 25.7 Å². The SMILES string of the molecule is O=C(NC[C@@H]1CCCNC1)c1c[nH]n2c(=O)cc(CCc3cccc(Cl)c3)nc12. The van der Waals surface area contributed by atoms with E-state index in [1.807, 2.05) is 24.3 Å². The van der Waals surface area contributed by atoms with Crippen LogP contribution in [0.15, 0.2) is 41.3 Å². The summed E-state index contributed by atoms with van der Waals surface area (Å²) in [5.74, 6) is 0.218. The van der Waals surface area contributed by atoms with Crippen LogP contribution in [-0.2, 0) is 12.8 Å². The Kier molecular flexibility index (Phi) is 5.97. The highest BCUT2D eigenvalue weighted by Gasteiger charge is 2.18. The van der Waals surface area contributed by atoms with Gasteiger partial charge in [-0.15, -0.1) is 0 Å². The molecule has 0 spiro atoms. The van der Waals surface area contributed by atoms with Crippen LogP contribution < -0.4 is 16.2 Å². The average molecular weight is 414 g/mol. The quantitative estimate of drug-likeness (QED) is 0.577. The fourth-order valence-corrected chi connectivity index (χ4v) is 3.93. The normalized spacial score (nSPS) is 16.8. The number of piperidine rings is 1. The topological polar surface area (TPSA) is 91.3 Å². The van der Waals surface area contributed by atoms with Crippen molar-refractivity contribution in [1.29, 1.82) is 0 Å². The fourth-order valence-electron chi connectivity index (χ4n) is 3.72. The van der Waals surface area contributed by atoms with Crippen molar-refractivity contribution in [1.82, 2.24) is 25.2 Å². The molecule has 0 aliphatic carbocycles. The number of carbonyl (C=O) groups is 1. The first-order valence-corrected chi connectivity index (χ1v) is 10.3. The van der Waals surface area contributed by atoms with Crippen LogP contribution in [0.3, 0.4) is 0 Å². The van der Waals surface area contributed by atoms with Crippen molar-refractivity contribution in [3.05, 3.63) is 68.7 Å². The number of benzene rings is 1. The van der Waals surface area contributed by atoms with Gasteiger partial charge < -0.3 is 10.6 Å². The summed E-state index contributed by atoms with van der Waals surface area (Å²) in [6.45, 7) is 2.57. The number of H-pyrrole nitrogens is 1. The van der Waals surface area contributed by atoms with Crippen LogP contribution in [0.5, 0.6) is 0 Å². The van der Waals surface area contributed by atoms with Crippen molar-refractivity contribution in [3.8, 4) is 0 Å². The lowest BCUT2D eigenvalue weighted by molar-refractivity contribution is 0.0946. The molecule has 1 aliphatic rings. The smallest absolute Gasteiger partial charge is 0.272 e. The number of hydrogen-bond donors (Lipinski definition) is 3. The molecule has 4 rings (SSSR count). The molecule has 7 nitrogen and oxygen atoms in total. The van der Waals surface area contributed by atoms with Gasteiger partial charge in [0.25, 0.3) is 11.5 Å². The number of aromatic nitrogens is 3. The van der Waals surface area contributed by atoms with Gasteiger partial charge in [0.15, 0.2) is 5.65 Å². The Morgan fingerprint density at radius 2 is 2.21 bits per heavy atom. The Bertz CT molecular complexity index is 1070. The molecule has 0 saturated carbocycles. The first-order valence-electron chi connectivity index (χ1n) is 9.93. The lowest BCUT2D eigenvalue weighted by Crippen LogP contribution is -2.38. The highest BCUT2D eigenvalue weighted by molar-refractivity contribution is 6.30. The first-order chi connectivity index (χ1) is 14.1. The predicted molar refractivity (Wildman–Crippen MR) is 113 cm³/mol. The predicted octanol–water partition coefficient (Wildman–Crippen LogP) is 2.19. The van der Waals surface area contributed by atoms with Crippen LogP contribution >= 0.6 is 11.6 Å². The molecule has 1 fully saturated rings. The standard InChI is InChI=1S/C21H24ClN5O2/c22-16-5-1-3-14(9-16)6-7-17-10-19(28)27-20(26-17)18(13-25-27)21(29)24-12-15-4-2-8-23-11-15/h1,3,5,9-10,13,15,23,25H,2,4,6-8,11-12H2,(H,24,29)/t15-/m1/s1. The van der Waals surface area contributed by atoms with Crippen LogP contribution in [0, 0.1) is 5.92 Å². The third kappa shape index (κ3) is 4.68. The van der Waals surface area contributed by atoms with Gasteiger partial charge in [0.05, 0.1) is 0 Å². The third-order valence-corrected chi connectivity index (χ3v) is 5.54. The molecule has 152 valence electrons. The average Bonchev–Trinajstić information content (AvgIpc) is 3.16. The third-order valence-electron chi connectivity index (χ3n) is 5.30. The van der Waals surface area contributed by atoms with Gasteiger partial charge in [-0.1, -0.05) is 23.7 Å². The number of aromatic amines is 1. The minimum Gasteiger partial charge on any atom is -0.352 e. The molecular formula is C21H24ClN5O2. The number of amides is 1. The monoisotopic (exact) mass is 413 g/mol. The number of halogens is 1. The molecule has 1 aromatic carbocycles. The van der Waals surface area contributed by atoms with E-state index >= 15 is 0 Å². The molecule has 1 amide bonds. The molecule has 0 bridgehead atoms. The van der Waals surface area contributed by atoms with E-state index in [2.05, 4.69) is 20.7 Å². The maximum atomic E-state index is 12.7. The van der Waals surface area contributed by atoms with E-state index in [1.165, 1.54) is 10.6 Å². The van der Waals surface area contributed by atoms with E-state index in [4.69, 9.17) is 11.6 Å². The maximum absolute atomic E-state index is 12.7. The lowest BCUT2D eigenvalue weighted by Gasteiger charge is -2.22. The van der Waals surface area contributed by atoms with E-state index < -0.39 is 0 Å². The van der Waals surface area contributed by atoms with Gasteiger partial charge in [-0.25, -0.2) is 9.50 Å². The van der Waals surface area contributed by atoms with E-state index in [0.29, 0.717) is 47.2 Å². The molecule has 1 saturated heterocycles. The number of nitrogens with zero attached hydrogens (tertiary/aromatic N) is 2. The second-order valence-electron chi connectivity index (χ2n) is 7.48. The second kappa shape index (κ2) is 8.80. The summed E-state index contributed by atoms with van der Waals surface area (Å²) in [4.78, 5) is 29.7. The molecule has 8 heteroatoms. The van der Waals surface area contributed by atoms with Crippen LogP contribution in [0.4, 0.5) is 0 Å². The zero-order valence-electron chi connectivity index (χ0n) is 16.1. The number of nitrogens with one attached hydrogen (secondary N) is 3. The van der Waals surface area contributed by atoms with Crippen molar-refractivity contribution in [2.24, 2.45) is 5.92 Å². The summed E-state index contributed by atoms with van der Waals surface area (Å²) in [5.41, 5.74) is 2.24. The van der Waals surface area contributed by atoms with Crippen molar-refractivity contribution < 1.29 is 4.79 Å². The van der Waals surface area contributed by atoms with Crippen LogP contribution in [-0.4, -0.2) is 40.1 Å². The molecule has 1 atom stereocenters. The van der Waals surface area contributed by atoms with E-state index in [-0.39, 0.29) is 11.5 Å². The number of fused-ring (bicyclic) bond motifs is 1. The maximum Gasteiger partial charge on any atom is 0.272 e.